The topological polar surface area (TPSA) is 54.4 Å². The van der Waals surface area contributed by atoms with Crippen LogP contribution in [0.3, 0.4) is 0 Å². The summed E-state index contributed by atoms with van der Waals surface area (Å²) in [6, 6.07) is 0. The van der Waals surface area contributed by atoms with Crippen molar-refractivity contribution in [3.63, 3.8) is 0 Å². The van der Waals surface area contributed by atoms with Crippen LogP contribution in [0.1, 0.15) is 49.3 Å². The molecule has 2 fully saturated rings. The number of nitrogens with one attached hydrogen (secondary N) is 1. The molecule has 1 aliphatic heterocycles. The first-order valence-corrected chi connectivity index (χ1v) is 8.16. The summed E-state index contributed by atoms with van der Waals surface area (Å²) in [5.74, 6) is 1.31. The molecule has 0 amide bonds. The summed E-state index contributed by atoms with van der Waals surface area (Å²) < 4.78 is 5.38. The molecule has 1 aromatic rings. The van der Waals surface area contributed by atoms with Crippen molar-refractivity contribution in [3.8, 4) is 5.88 Å². The lowest BCUT2D eigenvalue weighted by molar-refractivity contribution is 0.194. The number of rotatable bonds is 4. The number of hydrogen-bond donors (Lipinski definition) is 2. The van der Waals surface area contributed by atoms with E-state index in [1.54, 1.807) is 11.3 Å². The van der Waals surface area contributed by atoms with Crippen LogP contribution < -0.4 is 5.32 Å². The van der Waals surface area contributed by atoms with Gasteiger partial charge in [-0.25, -0.2) is 0 Å². The highest BCUT2D eigenvalue weighted by Gasteiger charge is 2.24. The Labute approximate surface area is 118 Å². The first-order chi connectivity index (χ1) is 9.33. The molecule has 1 aliphatic carbocycles. The van der Waals surface area contributed by atoms with Gasteiger partial charge in [0.2, 0.25) is 5.88 Å². The third-order valence-electron chi connectivity index (χ3n) is 4.20. The van der Waals surface area contributed by atoms with Crippen LogP contribution >= 0.6 is 11.3 Å². The summed E-state index contributed by atoms with van der Waals surface area (Å²) in [5, 5.41) is 14.2. The predicted octanol–water partition coefficient (Wildman–Crippen LogP) is 3.34. The zero-order valence-corrected chi connectivity index (χ0v) is 12.0. The van der Waals surface area contributed by atoms with Gasteiger partial charge in [-0.1, -0.05) is 30.6 Å². The van der Waals surface area contributed by atoms with Gasteiger partial charge in [0.05, 0.1) is 11.5 Å². The predicted molar refractivity (Wildman–Crippen MR) is 77.0 cm³/mol. The van der Waals surface area contributed by atoms with E-state index in [4.69, 9.17) is 4.74 Å². The average Bonchev–Trinajstić information content (AvgIpc) is 3.07. The van der Waals surface area contributed by atoms with Crippen LogP contribution in [0.4, 0.5) is 5.13 Å². The van der Waals surface area contributed by atoms with Crippen LogP contribution in [-0.2, 0) is 4.74 Å². The van der Waals surface area contributed by atoms with E-state index in [0.717, 1.165) is 42.1 Å². The third-order valence-corrected chi connectivity index (χ3v) is 5.37. The zero-order valence-electron chi connectivity index (χ0n) is 11.2. The first kappa shape index (κ1) is 13.2. The molecule has 2 aliphatic rings. The number of aromatic nitrogens is 1. The fraction of sp³-hybridized carbons (Fsp3) is 0.786. The molecule has 0 aromatic carbocycles. The van der Waals surface area contributed by atoms with Crippen LogP contribution in [0, 0.1) is 5.92 Å². The van der Waals surface area contributed by atoms with Crippen LogP contribution in [0.5, 0.6) is 5.88 Å². The third kappa shape index (κ3) is 3.20. The molecule has 0 radical (unpaired) electrons. The Balaban J connectivity index is 1.57. The maximum atomic E-state index is 9.93. The van der Waals surface area contributed by atoms with Crippen LogP contribution in [0.25, 0.3) is 0 Å². The lowest BCUT2D eigenvalue weighted by atomic mass is 9.89. The summed E-state index contributed by atoms with van der Waals surface area (Å²) >= 11 is 1.59. The van der Waals surface area contributed by atoms with Crippen LogP contribution in [0.2, 0.25) is 0 Å². The van der Waals surface area contributed by atoms with Crippen molar-refractivity contribution < 1.29 is 9.84 Å². The van der Waals surface area contributed by atoms with Crippen molar-refractivity contribution in [1.29, 1.82) is 0 Å². The summed E-state index contributed by atoms with van der Waals surface area (Å²) in [7, 11) is 0. The number of hydrogen-bond acceptors (Lipinski definition) is 5. The Morgan fingerprint density at radius 3 is 2.84 bits per heavy atom. The highest BCUT2D eigenvalue weighted by Crippen LogP contribution is 2.38. The molecule has 0 spiro atoms. The second kappa shape index (κ2) is 6.09. The lowest BCUT2D eigenvalue weighted by Gasteiger charge is -2.21. The smallest absolute Gasteiger partial charge is 0.227 e. The monoisotopic (exact) mass is 282 g/mol. The summed E-state index contributed by atoms with van der Waals surface area (Å²) in [4.78, 5) is 5.24. The summed E-state index contributed by atoms with van der Waals surface area (Å²) in [6.07, 6.45) is 7.76. The Kier molecular flexibility index (Phi) is 4.23. The molecule has 2 heterocycles. The van der Waals surface area contributed by atoms with Gasteiger partial charge < -0.3 is 15.2 Å². The standard InChI is InChI=1S/C14H22N2O2S/c17-13-12(11-6-7-18-9-11)19-14(16-13)15-8-10-4-2-1-3-5-10/h10-11,17H,1-9H2,(H,15,16)/t11-/m0/s1. The Bertz CT molecular complexity index is 410. The molecule has 4 nitrogen and oxygen atoms in total. The van der Waals surface area contributed by atoms with Gasteiger partial charge in [-0.2, -0.15) is 4.98 Å². The number of anilines is 1. The summed E-state index contributed by atoms with van der Waals surface area (Å²) in [6.45, 7) is 2.51. The van der Waals surface area contributed by atoms with E-state index in [0.29, 0.717) is 5.92 Å². The first-order valence-electron chi connectivity index (χ1n) is 7.34. The average molecular weight is 282 g/mol. The highest BCUT2D eigenvalue weighted by molar-refractivity contribution is 7.16. The molecule has 0 bridgehead atoms. The van der Waals surface area contributed by atoms with Crippen molar-refractivity contribution >= 4 is 16.5 Å². The SMILES string of the molecule is Oc1nc(NCC2CCCCC2)sc1[C@H]1CCOC1. The molecule has 2 N–H and O–H groups in total. The minimum atomic E-state index is 0.201. The van der Waals surface area contributed by atoms with E-state index >= 15 is 0 Å². The van der Waals surface area contributed by atoms with E-state index in [2.05, 4.69) is 10.3 Å². The lowest BCUT2D eigenvalue weighted by Crippen LogP contribution is -2.16. The second-order valence-electron chi connectivity index (χ2n) is 5.65. The van der Waals surface area contributed by atoms with Gasteiger partial charge in [-0.15, -0.1) is 0 Å². The molecule has 19 heavy (non-hydrogen) atoms. The van der Waals surface area contributed by atoms with E-state index in [-0.39, 0.29) is 5.88 Å². The molecule has 1 atom stereocenters. The maximum Gasteiger partial charge on any atom is 0.227 e. The minimum Gasteiger partial charge on any atom is -0.492 e. The second-order valence-corrected chi connectivity index (χ2v) is 6.68. The van der Waals surface area contributed by atoms with E-state index < -0.39 is 0 Å². The number of nitrogens with zero attached hydrogens (tertiary/aromatic N) is 1. The van der Waals surface area contributed by atoms with Gasteiger partial charge in [0.1, 0.15) is 0 Å². The van der Waals surface area contributed by atoms with Crippen molar-refractivity contribution in [2.45, 2.75) is 44.4 Å². The maximum absolute atomic E-state index is 9.93. The molecular formula is C14H22N2O2S. The fourth-order valence-corrected chi connectivity index (χ4v) is 4.02. The molecule has 1 aromatic heterocycles. The normalized spacial score (nSPS) is 24.7. The van der Waals surface area contributed by atoms with Gasteiger partial charge in [0, 0.05) is 19.1 Å². The van der Waals surface area contributed by atoms with Crippen LogP contribution in [0.15, 0.2) is 0 Å². The fourth-order valence-electron chi connectivity index (χ4n) is 3.03. The zero-order chi connectivity index (χ0) is 13.1. The molecule has 5 heteroatoms. The van der Waals surface area contributed by atoms with Crippen molar-refractivity contribution in [3.05, 3.63) is 4.88 Å². The van der Waals surface area contributed by atoms with Gasteiger partial charge in [0.15, 0.2) is 5.13 Å². The number of ether oxygens (including phenoxy) is 1. The van der Waals surface area contributed by atoms with E-state index in [9.17, 15) is 5.11 Å². The minimum absolute atomic E-state index is 0.201. The van der Waals surface area contributed by atoms with Gasteiger partial charge in [0.25, 0.3) is 0 Å². The Morgan fingerprint density at radius 1 is 1.26 bits per heavy atom. The van der Waals surface area contributed by atoms with Gasteiger partial charge in [-0.3, -0.25) is 0 Å². The quantitative estimate of drug-likeness (QED) is 0.889. The largest absolute Gasteiger partial charge is 0.492 e. The highest BCUT2D eigenvalue weighted by atomic mass is 32.1. The molecule has 0 unspecified atom stereocenters. The van der Waals surface area contributed by atoms with E-state index in [1.165, 1.54) is 32.1 Å². The van der Waals surface area contributed by atoms with Crippen LogP contribution in [-0.4, -0.2) is 29.8 Å². The number of thiazole rings is 1. The van der Waals surface area contributed by atoms with Crippen molar-refractivity contribution in [2.24, 2.45) is 5.92 Å². The Morgan fingerprint density at radius 2 is 2.11 bits per heavy atom. The van der Waals surface area contributed by atoms with Crippen molar-refractivity contribution in [2.75, 3.05) is 25.1 Å². The van der Waals surface area contributed by atoms with Gasteiger partial charge >= 0.3 is 0 Å². The Hall–Kier alpha value is -0.810. The molecular weight excluding hydrogens is 260 g/mol. The molecule has 106 valence electrons. The van der Waals surface area contributed by atoms with Gasteiger partial charge in [-0.05, 0) is 25.2 Å². The number of aromatic hydroxyl groups is 1. The molecule has 3 rings (SSSR count). The van der Waals surface area contributed by atoms with Crippen molar-refractivity contribution in [1.82, 2.24) is 4.98 Å². The summed E-state index contributed by atoms with van der Waals surface area (Å²) in [5.41, 5.74) is 0. The molecule has 1 saturated heterocycles. The van der Waals surface area contributed by atoms with E-state index in [1.807, 2.05) is 0 Å². The molecule has 1 saturated carbocycles.